The maximum absolute atomic E-state index is 13.6. The van der Waals surface area contributed by atoms with Crippen LogP contribution in [0.15, 0.2) is 18.2 Å². The summed E-state index contributed by atoms with van der Waals surface area (Å²) < 4.78 is 18.6. The number of hydrogen-bond acceptors (Lipinski definition) is 3. The van der Waals surface area contributed by atoms with E-state index in [2.05, 4.69) is 5.32 Å². The van der Waals surface area contributed by atoms with Crippen LogP contribution in [-0.4, -0.2) is 11.7 Å². The zero-order chi connectivity index (χ0) is 13.8. The summed E-state index contributed by atoms with van der Waals surface area (Å²) in [7, 11) is 0. The number of benzene rings is 1. The lowest BCUT2D eigenvalue weighted by Crippen LogP contribution is -2.32. The minimum absolute atomic E-state index is 0.0889. The molecule has 18 heavy (non-hydrogen) atoms. The molecule has 0 saturated heterocycles. The zero-order valence-electron chi connectivity index (χ0n) is 10.9. The lowest BCUT2D eigenvalue weighted by molar-refractivity contribution is 0.0523. The number of nitrogens with two attached hydrogens (primary N) is 1. The molecule has 0 bridgehead atoms. The van der Waals surface area contributed by atoms with Crippen LogP contribution in [0, 0.1) is 5.82 Å². The Hall–Kier alpha value is -1.62. The third kappa shape index (κ3) is 4.71. The average molecular weight is 254 g/mol. The Morgan fingerprint density at radius 2 is 2.11 bits per heavy atom. The Morgan fingerprint density at radius 3 is 2.61 bits per heavy atom. The average Bonchev–Trinajstić information content (AvgIpc) is 2.25. The molecule has 0 aliphatic heterocycles. The monoisotopic (exact) mass is 254 g/mol. The Kier molecular flexibility index (Phi) is 4.67. The number of ether oxygens (including phenoxy) is 1. The molecule has 1 amide bonds. The zero-order valence-corrected chi connectivity index (χ0v) is 10.9. The number of halogens is 1. The largest absolute Gasteiger partial charge is 0.444 e. The minimum Gasteiger partial charge on any atom is -0.444 e. The van der Waals surface area contributed by atoms with E-state index in [-0.39, 0.29) is 18.9 Å². The van der Waals surface area contributed by atoms with Gasteiger partial charge in [-0.15, -0.1) is 0 Å². The molecule has 0 unspecified atom stereocenters. The third-order valence-corrected chi connectivity index (χ3v) is 2.18. The number of nitrogens with one attached hydrogen (secondary N) is 1. The first-order chi connectivity index (χ1) is 8.31. The summed E-state index contributed by atoms with van der Waals surface area (Å²) in [6.07, 6.45) is -0.565. The van der Waals surface area contributed by atoms with Crippen LogP contribution in [0.25, 0.3) is 0 Å². The van der Waals surface area contributed by atoms with E-state index < -0.39 is 11.7 Å². The maximum atomic E-state index is 13.6. The fourth-order valence-corrected chi connectivity index (χ4v) is 1.34. The highest BCUT2D eigenvalue weighted by atomic mass is 19.1. The summed E-state index contributed by atoms with van der Waals surface area (Å²) in [6.45, 7) is 5.68. The van der Waals surface area contributed by atoms with Crippen LogP contribution in [-0.2, 0) is 17.8 Å². The molecule has 0 atom stereocenters. The van der Waals surface area contributed by atoms with Gasteiger partial charge in [-0.3, -0.25) is 0 Å². The number of hydrogen-bond donors (Lipinski definition) is 2. The highest BCUT2D eigenvalue weighted by Gasteiger charge is 2.16. The van der Waals surface area contributed by atoms with Crippen molar-refractivity contribution in [3.63, 3.8) is 0 Å². The highest BCUT2D eigenvalue weighted by Crippen LogP contribution is 2.11. The maximum Gasteiger partial charge on any atom is 0.407 e. The van der Waals surface area contributed by atoms with Crippen LogP contribution in [0.5, 0.6) is 0 Å². The van der Waals surface area contributed by atoms with Crippen LogP contribution in [0.3, 0.4) is 0 Å². The van der Waals surface area contributed by atoms with Crippen molar-refractivity contribution in [1.29, 1.82) is 0 Å². The van der Waals surface area contributed by atoms with E-state index >= 15 is 0 Å². The Morgan fingerprint density at radius 1 is 1.44 bits per heavy atom. The van der Waals surface area contributed by atoms with Gasteiger partial charge in [-0.25, -0.2) is 9.18 Å². The van der Waals surface area contributed by atoms with E-state index in [1.807, 2.05) is 0 Å². The first kappa shape index (κ1) is 14.4. The predicted molar refractivity (Wildman–Crippen MR) is 67.4 cm³/mol. The van der Waals surface area contributed by atoms with Crippen LogP contribution in [0.4, 0.5) is 9.18 Å². The van der Waals surface area contributed by atoms with Gasteiger partial charge >= 0.3 is 6.09 Å². The Labute approximate surface area is 106 Å². The molecule has 0 fully saturated rings. The lowest BCUT2D eigenvalue weighted by Gasteiger charge is -2.19. The fourth-order valence-electron chi connectivity index (χ4n) is 1.34. The molecule has 0 saturated carbocycles. The first-order valence-electron chi connectivity index (χ1n) is 5.76. The first-order valence-corrected chi connectivity index (χ1v) is 5.76. The number of amides is 1. The highest BCUT2D eigenvalue weighted by molar-refractivity contribution is 5.67. The molecule has 0 heterocycles. The molecule has 4 nitrogen and oxygen atoms in total. The van der Waals surface area contributed by atoms with Gasteiger partial charge in [0.25, 0.3) is 0 Å². The molecule has 0 aromatic heterocycles. The van der Waals surface area contributed by atoms with Gasteiger partial charge in [-0.1, -0.05) is 12.1 Å². The molecule has 0 aliphatic rings. The normalized spacial score (nSPS) is 11.2. The molecular formula is C13H19FN2O2. The second-order valence-corrected chi connectivity index (χ2v) is 4.99. The molecule has 1 aromatic carbocycles. The smallest absolute Gasteiger partial charge is 0.407 e. The summed E-state index contributed by atoms with van der Waals surface area (Å²) in [5.74, 6) is -0.381. The molecule has 1 aromatic rings. The van der Waals surface area contributed by atoms with E-state index in [9.17, 15) is 9.18 Å². The molecular weight excluding hydrogens is 235 g/mol. The number of rotatable bonds is 3. The van der Waals surface area contributed by atoms with Crippen molar-refractivity contribution in [3.05, 3.63) is 35.1 Å². The second kappa shape index (κ2) is 5.82. The van der Waals surface area contributed by atoms with Gasteiger partial charge in [-0.05, 0) is 32.4 Å². The van der Waals surface area contributed by atoms with Crippen LogP contribution in [0.2, 0.25) is 0 Å². The predicted octanol–water partition coefficient (Wildman–Crippen LogP) is 2.31. The molecule has 0 radical (unpaired) electrons. The molecule has 1 rings (SSSR count). The standard InChI is InChI=1S/C13H19FN2O2/c1-13(2,3)18-12(17)16-8-10-5-4-9(7-15)6-11(10)14/h4-6H,7-8,15H2,1-3H3,(H,16,17). The SMILES string of the molecule is CC(C)(C)OC(=O)NCc1ccc(CN)cc1F. The molecule has 100 valence electrons. The summed E-state index contributed by atoms with van der Waals surface area (Å²) in [4.78, 5) is 11.4. The van der Waals surface area contributed by atoms with E-state index in [1.165, 1.54) is 6.07 Å². The van der Waals surface area contributed by atoms with Gasteiger partial charge in [0.05, 0.1) is 0 Å². The Bertz CT molecular complexity index is 427. The van der Waals surface area contributed by atoms with Crippen LogP contribution >= 0.6 is 0 Å². The van der Waals surface area contributed by atoms with Gasteiger partial charge in [0.1, 0.15) is 11.4 Å². The summed E-state index contributed by atoms with van der Waals surface area (Å²) in [5.41, 5.74) is 5.96. The number of carbonyl (C=O) groups is 1. The summed E-state index contributed by atoms with van der Waals surface area (Å²) >= 11 is 0. The summed E-state index contributed by atoms with van der Waals surface area (Å²) in [6, 6.07) is 4.70. The van der Waals surface area contributed by atoms with Crippen LogP contribution < -0.4 is 11.1 Å². The fraction of sp³-hybridized carbons (Fsp3) is 0.462. The van der Waals surface area contributed by atoms with Gasteiger partial charge in [0.15, 0.2) is 0 Å². The Balaban J connectivity index is 2.56. The lowest BCUT2D eigenvalue weighted by atomic mass is 10.1. The van der Waals surface area contributed by atoms with Gasteiger partial charge in [0, 0.05) is 18.7 Å². The quantitative estimate of drug-likeness (QED) is 0.870. The second-order valence-electron chi connectivity index (χ2n) is 4.99. The van der Waals surface area contributed by atoms with Crippen molar-refractivity contribution >= 4 is 6.09 Å². The molecule has 0 aliphatic carbocycles. The van der Waals surface area contributed by atoms with Gasteiger partial charge in [-0.2, -0.15) is 0 Å². The van der Waals surface area contributed by atoms with Gasteiger partial charge in [0.2, 0.25) is 0 Å². The van der Waals surface area contributed by atoms with E-state index in [0.717, 1.165) is 0 Å². The van der Waals surface area contributed by atoms with Crippen molar-refractivity contribution in [2.75, 3.05) is 0 Å². The summed E-state index contributed by atoms with van der Waals surface area (Å²) in [5, 5.41) is 2.50. The molecule has 5 heteroatoms. The van der Waals surface area contributed by atoms with E-state index in [1.54, 1.807) is 32.9 Å². The topological polar surface area (TPSA) is 64.3 Å². The third-order valence-electron chi connectivity index (χ3n) is 2.18. The van der Waals surface area contributed by atoms with Crippen molar-refractivity contribution in [2.45, 2.75) is 39.5 Å². The van der Waals surface area contributed by atoms with E-state index in [0.29, 0.717) is 11.1 Å². The molecule has 0 spiro atoms. The number of alkyl carbamates (subject to hydrolysis) is 1. The van der Waals surface area contributed by atoms with Crippen molar-refractivity contribution < 1.29 is 13.9 Å². The van der Waals surface area contributed by atoms with Crippen molar-refractivity contribution in [3.8, 4) is 0 Å². The van der Waals surface area contributed by atoms with Crippen molar-refractivity contribution in [1.82, 2.24) is 5.32 Å². The van der Waals surface area contributed by atoms with Crippen LogP contribution in [0.1, 0.15) is 31.9 Å². The minimum atomic E-state index is -0.565. The number of carbonyl (C=O) groups excluding carboxylic acids is 1. The van der Waals surface area contributed by atoms with E-state index in [4.69, 9.17) is 10.5 Å². The molecule has 3 N–H and O–H groups in total. The van der Waals surface area contributed by atoms with Crippen molar-refractivity contribution in [2.24, 2.45) is 5.73 Å². The van der Waals surface area contributed by atoms with Gasteiger partial charge < -0.3 is 15.8 Å².